The van der Waals surface area contributed by atoms with Gasteiger partial charge in [0.05, 0.1) is 10.9 Å². The third-order valence-corrected chi connectivity index (χ3v) is 7.07. The van der Waals surface area contributed by atoms with Crippen LogP contribution in [0.2, 0.25) is 5.02 Å². The van der Waals surface area contributed by atoms with Crippen molar-refractivity contribution in [2.75, 3.05) is 13.1 Å². The number of nitrogens with one attached hydrogen (secondary N) is 1. The minimum atomic E-state index is -3.51. The molecule has 3 aromatic rings. The van der Waals surface area contributed by atoms with Gasteiger partial charge < -0.3 is 9.73 Å². The molecule has 0 aliphatic carbocycles. The third kappa shape index (κ3) is 4.47. The first-order valence-electron chi connectivity index (χ1n) is 9.36. The average Bonchev–Trinajstić information content (AvgIpc) is 3.12. The van der Waals surface area contributed by atoms with Crippen LogP contribution in [-0.2, 0) is 10.0 Å². The SMILES string of the molecule is CCN(CC)S(=O)(=O)c1ccc(C(C)NC(=O)c2cc3cc(Cl)ccc3o2)cc1. The highest BCUT2D eigenvalue weighted by Crippen LogP contribution is 2.24. The molecule has 0 fully saturated rings. The second-order valence-electron chi connectivity index (χ2n) is 6.65. The van der Waals surface area contributed by atoms with E-state index in [4.69, 9.17) is 16.0 Å². The number of furan rings is 1. The fourth-order valence-corrected chi connectivity index (χ4v) is 4.76. The van der Waals surface area contributed by atoms with Gasteiger partial charge in [0.25, 0.3) is 5.91 Å². The molecule has 0 saturated heterocycles. The van der Waals surface area contributed by atoms with Crippen LogP contribution in [0.1, 0.15) is 42.9 Å². The highest BCUT2D eigenvalue weighted by molar-refractivity contribution is 7.89. The van der Waals surface area contributed by atoms with Crippen LogP contribution in [0.5, 0.6) is 0 Å². The normalized spacial score (nSPS) is 13.0. The lowest BCUT2D eigenvalue weighted by Crippen LogP contribution is -2.30. The summed E-state index contributed by atoms with van der Waals surface area (Å²) in [5, 5.41) is 4.18. The molecule has 1 atom stereocenters. The molecule has 0 saturated carbocycles. The first-order valence-corrected chi connectivity index (χ1v) is 11.2. The van der Waals surface area contributed by atoms with E-state index in [0.29, 0.717) is 23.7 Å². The molecule has 3 rings (SSSR count). The molecule has 0 bridgehead atoms. The van der Waals surface area contributed by atoms with Gasteiger partial charge in [-0.25, -0.2) is 8.42 Å². The topological polar surface area (TPSA) is 79.6 Å². The third-order valence-electron chi connectivity index (χ3n) is 4.77. The number of fused-ring (bicyclic) bond motifs is 1. The van der Waals surface area contributed by atoms with Gasteiger partial charge in [-0.3, -0.25) is 4.79 Å². The van der Waals surface area contributed by atoms with E-state index in [1.54, 1.807) is 62.4 Å². The van der Waals surface area contributed by atoms with E-state index in [1.807, 2.05) is 6.92 Å². The molecule has 8 heteroatoms. The summed E-state index contributed by atoms with van der Waals surface area (Å²) in [5.41, 5.74) is 1.37. The molecule has 1 aromatic heterocycles. The van der Waals surface area contributed by atoms with Crippen LogP contribution in [0, 0.1) is 0 Å². The zero-order valence-corrected chi connectivity index (χ0v) is 18.0. The number of carbonyl (C=O) groups excluding carboxylic acids is 1. The van der Waals surface area contributed by atoms with Crippen molar-refractivity contribution in [2.24, 2.45) is 0 Å². The van der Waals surface area contributed by atoms with Gasteiger partial charge in [0.1, 0.15) is 5.58 Å². The van der Waals surface area contributed by atoms with E-state index in [9.17, 15) is 13.2 Å². The Morgan fingerprint density at radius 3 is 2.38 bits per heavy atom. The quantitative estimate of drug-likeness (QED) is 0.589. The summed E-state index contributed by atoms with van der Waals surface area (Å²) < 4.78 is 32.1. The number of nitrogens with zero attached hydrogens (tertiary/aromatic N) is 1. The van der Waals surface area contributed by atoms with Gasteiger partial charge in [0, 0.05) is 23.5 Å². The zero-order valence-electron chi connectivity index (χ0n) is 16.5. The number of hydrogen-bond acceptors (Lipinski definition) is 4. The molecule has 1 heterocycles. The Kier molecular flexibility index (Phi) is 6.31. The largest absolute Gasteiger partial charge is 0.451 e. The first kappa shape index (κ1) is 21.4. The molecular formula is C21H23ClN2O4S. The van der Waals surface area contributed by atoms with Crippen molar-refractivity contribution in [1.82, 2.24) is 9.62 Å². The standard InChI is InChI=1S/C21H23ClN2O4S/c1-4-24(5-2)29(26,27)18-9-6-15(7-10-18)14(3)23-21(25)20-13-16-12-17(22)8-11-19(16)28-20/h6-14H,4-5H2,1-3H3,(H,23,25). The second-order valence-corrected chi connectivity index (χ2v) is 9.02. The summed E-state index contributed by atoms with van der Waals surface area (Å²) in [4.78, 5) is 12.8. The summed E-state index contributed by atoms with van der Waals surface area (Å²) in [6.07, 6.45) is 0. The van der Waals surface area contributed by atoms with Gasteiger partial charge in [0.2, 0.25) is 10.0 Å². The maximum atomic E-state index is 12.6. The molecule has 0 aliphatic rings. The van der Waals surface area contributed by atoms with E-state index in [-0.39, 0.29) is 22.6 Å². The van der Waals surface area contributed by atoms with E-state index in [1.165, 1.54) is 4.31 Å². The lowest BCUT2D eigenvalue weighted by atomic mass is 10.1. The smallest absolute Gasteiger partial charge is 0.287 e. The van der Waals surface area contributed by atoms with Crippen molar-refractivity contribution in [3.8, 4) is 0 Å². The van der Waals surface area contributed by atoms with E-state index >= 15 is 0 Å². The lowest BCUT2D eigenvalue weighted by Gasteiger charge is -2.19. The maximum Gasteiger partial charge on any atom is 0.287 e. The number of sulfonamides is 1. The van der Waals surface area contributed by atoms with Crippen LogP contribution in [0.25, 0.3) is 11.0 Å². The second kappa shape index (κ2) is 8.57. The fraction of sp³-hybridized carbons (Fsp3) is 0.286. The minimum Gasteiger partial charge on any atom is -0.451 e. The van der Waals surface area contributed by atoms with Gasteiger partial charge in [-0.15, -0.1) is 0 Å². The van der Waals surface area contributed by atoms with E-state index in [2.05, 4.69) is 5.32 Å². The highest BCUT2D eigenvalue weighted by Gasteiger charge is 2.22. The van der Waals surface area contributed by atoms with Crippen molar-refractivity contribution in [3.05, 3.63) is 64.9 Å². The van der Waals surface area contributed by atoms with Crippen LogP contribution in [0.4, 0.5) is 0 Å². The zero-order chi connectivity index (χ0) is 21.2. The number of carbonyl (C=O) groups is 1. The number of rotatable bonds is 7. The van der Waals surface area contributed by atoms with E-state index < -0.39 is 10.0 Å². The van der Waals surface area contributed by atoms with Crippen LogP contribution >= 0.6 is 11.6 Å². The average molecular weight is 435 g/mol. The molecule has 0 spiro atoms. The Balaban J connectivity index is 1.74. The summed E-state index contributed by atoms with van der Waals surface area (Å²) in [5.74, 6) is -0.167. The highest BCUT2D eigenvalue weighted by atomic mass is 35.5. The summed E-state index contributed by atoms with van der Waals surface area (Å²) in [6, 6.07) is 13.0. The Bertz CT molecular complexity index is 1120. The van der Waals surface area contributed by atoms with Crippen LogP contribution in [-0.4, -0.2) is 31.7 Å². The lowest BCUT2D eigenvalue weighted by molar-refractivity contribution is 0.0914. The minimum absolute atomic E-state index is 0.190. The summed E-state index contributed by atoms with van der Waals surface area (Å²) in [6.45, 7) is 6.26. The molecule has 154 valence electrons. The molecule has 1 N–H and O–H groups in total. The molecule has 29 heavy (non-hydrogen) atoms. The summed E-state index contributed by atoms with van der Waals surface area (Å²) in [7, 11) is -3.51. The fourth-order valence-electron chi connectivity index (χ4n) is 3.12. The van der Waals surface area contributed by atoms with Gasteiger partial charge in [0.15, 0.2) is 5.76 Å². The van der Waals surface area contributed by atoms with Crippen molar-refractivity contribution >= 4 is 38.5 Å². The predicted octanol–water partition coefficient (Wildman–Crippen LogP) is 4.61. The van der Waals surface area contributed by atoms with Gasteiger partial charge in [-0.2, -0.15) is 4.31 Å². The van der Waals surface area contributed by atoms with Crippen LogP contribution in [0.3, 0.4) is 0 Å². The number of hydrogen-bond donors (Lipinski definition) is 1. The van der Waals surface area contributed by atoms with Crippen molar-refractivity contribution in [3.63, 3.8) is 0 Å². The number of benzene rings is 2. The van der Waals surface area contributed by atoms with Gasteiger partial charge in [-0.05, 0) is 48.9 Å². The van der Waals surface area contributed by atoms with E-state index in [0.717, 1.165) is 10.9 Å². The number of halogens is 1. The Morgan fingerprint density at radius 2 is 1.76 bits per heavy atom. The molecule has 2 aromatic carbocycles. The Morgan fingerprint density at radius 1 is 1.10 bits per heavy atom. The Hall–Kier alpha value is -2.35. The van der Waals surface area contributed by atoms with Crippen LogP contribution < -0.4 is 5.32 Å². The van der Waals surface area contributed by atoms with Crippen LogP contribution in [0.15, 0.2) is 57.8 Å². The molecule has 0 aliphatic heterocycles. The van der Waals surface area contributed by atoms with Gasteiger partial charge in [-0.1, -0.05) is 37.6 Å². The molecule has 0 radical (unpaired) electrons. The maximum absolute atomic E-state index is 12.6. The molecule has 1 amide bonds. The van der Waals surface area contributed by atoms with Crippen molar-refractivity contribution in [2.45, 2.75) is 31.7 Å². The predicted molar refractivity (Wildman–Crippen MR) is 114 cm³/mol. The van der Waals surface area contributed by atoms with Crippen molar-refractivity contribution in [1.29, 1.82) is 0 Å². The summed E-state index contributed by atoms with van der Waals surface area (Å²) >= 11 is 5.97. The molecular weight excluding hydrogens is 412 g/mol. The first-order chi connectivity index (χ1) is 13.8. The molecule has 6 nitrogen and oxygen atoms in total. The van der Waals surface area contributed by atoms with Gasteiger partial charge >= 0.3 is 0 Å². The monoisotopic (exact) mass is 434 g/mol. The Labute approximate surface area is 175 Å². The molecule has 1 unspecified atom stereocenters. The van der Waals surface area contributed by atoms with Crippen molar-refractivity contribution < 1.29 is 17.6 Å². The number of amides is 1.